The Labute approximate surface area is 118 Å². The zero-order valence-corrected chi connectivity index (χ0v) is 11.3. The SMILES string of the molecule is COC(=O)c1nn(-c2cccc([N+](=O)[O-])c2C)ccc1=O. The summed E-state index contributed by atoms with van der Waals surface area (Å²) < 4.78 is 5.71. The lowest BCUT2D eigenvalue weighted by Gasteiger charge is -2.09. The van der Waals surface area contributed by atoms with Crippen molar-refractivity contribution < 1.29 is 14.5 Å². The van der Waals surface area contributed by atoms with Crippen molar-refractivity contribution >= 4 is 11.7 Å². The number of nitro groups is 1. The van der Waals surface area contributed by atoms with Gasteiger partial charge in [0.1, 0.15) is 0 Å². The average Bonchev–Trinajstić information content (AvgIpc) is 2.47. The van der Waals surface area contributed by atoms with Gasteiger partial charge in [-0.2, -0.15) is 5.10 Å². The van der Waals surface area contributed by atoms with Gasteiger partial charge >= 0.3 is 5.97 Å². The van der Waals surface area contributed by atoms with Crippen molar-refractivity contribution in [2.24, 2.45) is 0 Å². The van der Waals surface area contributed by atoms with Crippen molar-refractivity contribution in [3.05, 3.63) is 62.1 Å². The second-order valence-electron chi connectivity index (χ2n) is 4.14. The van der Waals surface area contributed by atoms with Crippen molar-refractivity contribution in [3.8, 4) is 5.69 Å². The molecule has 1 heterocycles. The average molecular weight is 289 g/mol. The van der Waals surface area contributed by atoms with Gasteiger partial charge < -0.3 is 4.74 Å². The third-order valence-corrected chi connectivity index (χ3v) is 2.91. The topological polar surface area (TPSA) is 104 Å². The molecular weight excluding hydrogens is 278 g/mol. The smallest absolute Gasteiger partial charge is 0.362 e. The quantitative estimate of drug-likeness (QED) is 0.478. The number of nitro benzene ring substituents is 1. The molecule has 0 amide bonds. The summed E-state index contributed by atoms with van der Waals surface area (Å²) >= 11 is 0. The minimum absolute atomic E-state index is 0.0763. The molecule has 108 valence electrons. The minimum Gasteiger partial charge on any atom is -0.464 e. The number of hydrogen-bond acceptors (Lipinski definition) is 6. The zero-order valence-electron chi connectivity index (χ0n) is 11.3. The van der Waals surface area contributed by atoms with Crippen LogP contribution in [-0.4, -0.2) is 27.8 Å². The number of ether oxygens (including phenoxy) is 1. The normalized spacial score (nSPS) is 10.2. The molecule has 0 radical (unpaired) electrons. The van der Waals surface area contributed by atoms with E-state index in [-0.39, 0.29) is 11.4 Å². The second kappa shape index (κ2) is 5.53. The molecule has 1 aromatic carbocycles. The highest BCUT2D eigenvalue weighted by Gasteiger charge is 2.17. The molecule has 2 rings (SSSR count). The van der Waals surface area contributed by atoms with E-state index in [9.17, 15) is 19.7 Å². The van der Waals surface area contributed by atoms with Crippen LogP contribution in [-0.2, 0) is 4.74 Å². The summed E-state index contributed by atoms with van der Waals surface area (Å²) in [5.41, 5.74) is -0.275. The van der Waals surface area contributed by atoms with E-state index >= 15 is 0 Å². The molecule has 8 nitrogen and oxygen atoms in total. The molecular formula is C13H11N3O5. The molecule has 0 fully saturated rings. The number of esters is 1. The molecule has 8 heteroatoms. The van der Waals surface area contributed by atoms with Gasteiger partial charge in [-0.1, -0.05) is 6.07 Å². The second-order valence-corrected chi connectivity index (χ2v) is 4.14. The van der Waals surface area contributed by atoms with Gasteiger partial charge in [-0.15, -0.1) is 0 Å². The number of aromatic nitrogens is 2. The van der Waals surface area contributed by atoms with Gasteiger partial charge in [0.15, 0.2) is 0 Å². The van der Waals surface area contributed by atoms with Crippen LogP contribution in [0, 0.1) is 17.0 Å². The van der Waals surface area contributed by atoms with E-state index in [1.165, 1.54) is 23.0 Å². The van der Waals surface area contributed by atoms with Crippen LogP contribution >= 0.6 is 0 Å². The fourth-order valence-corrected chi connectivity index (χ4v) is 1.84. The molecule has 0 N–H and O–H groups in total. The molecule has 0 saturated heterocycles. The Hall–Kier alpha value is -3.03. The van der Waals surface area contributed by atoms with Crippen LogP contribution in [0.3, 0.4) is 0 Å². The predicted octanol–water partition coefficient (Wildman–Crippen LogP) is 1.24. The Kier molecular flexibility index (Phi) is 3.79. The summed E-state index contributed by atoms with van der Waals surface area (Å²) in [6.45, 7) is 1.56. The maximum atomic E-state index is 11.6. The third-order valence-electron chi connectivity index (χ3n) is 2.91. The molecule has 0 aliphatic rings. The summed E-state index contributed by atoms with van der Waals surface area (Å²) in [6.07, 6.45) is 1.33. The van der Waals surface area contributed by atoms with Gasteiger partial charge in [-0.25, -0.2) is 9.48 Å². The van der Waals surface area contributed by atoms with Gasteiger partial charge in [0.05, 0.1) is 23.3 Å². The summed E-state index contributed by atoms with van der Waals surface area (Å²) in [6, 6.07) is 5.61. The number of nitrogens with zero attached hydrogens (tertiary/aromatic N) is 3. The fraction of sp³-hybridized carbons (Fsp3) is 0.154. The first-order chi connectivity index (χ1) is 9.95. The fourth-order valence-electron chi connectivity index (χ4n) is 1.84. The first kappa shape index (κ1) is 14.4. The molecule has 0 bridgehead atoms. The Morgan fingerprint density at radius 1 is 1.38 bits per heavy atom. The van der Waals surface area contributed by atoms with Crippen LogP contribution in [0.4, 0.5) is 5.69 Å². The summed E-state index contributed by atoms with van der Waals surface area (Å²) in [7, 11) is 1.14. The van der Waals surface area contributed by atoms with E-state index in [0.29, 0.717) is 11.3 Å². The summed E-state index contributed by atoms with van der Waals surface area (Å²) in [4.78, 5) is 33.5. The summed E-state index contributed by atoms with van der Waals surface area (Å²) in [5, 5.41) is 14.8. The van der Waals surface area contributed by atoms with Crippen LogP contribution < -0.4 is 5.43 Å². The maximum absolute atomic E-state index is 11.6. The van der Waals surface area contributed by atoms with Crippen LogP contribution in [0.15, 0.2) is 35.3 Å². The van der Waals surface area contributed by atoms with Gasteiger partial charge in [0, 0.05) is 18.3 Å². The molecule has 0 unspecified atom stereocenters. The van der Waals surface area contributed by atoms with Crippen LogP contribution in [0.5, 0.6) is 0 Å². The zero-order chi connectivity index (χ0) is 15.6. The predicted molar refractivity (Wildman–Crippen MR) is 72.6 cm³/mol. The van der Waals surface area contributed by atoms with Crippen molar-refractivity contribution in [1.29, 1.82) is 0 Å². The van der Waals surface area contributed by atoms with Crippen molar-refractivity contribution in [1.82, 2.24) is 9.78 Å². The number of carbonyl (C=O) groups excluding carboxylic acids is 1. The lowest BCUT2D eigenvalue weighted by molar-refractivity contribution is -0.385. The van der Waals surface area contributed by atoms with Crippen molar-refractivity contribution in [2.75, 3.05) is 7.11 Å². The van der Waals surface area contributed by atoms with Gasteiger partial charge in [-0.3, -0.25) is 14.9 Å². The van der Waals surface area contributed by atoms with E-state index in [1.54, 1.807) is 13.0 Å². The molecule has 0 aliphatic carbocycles. The standard InChI is InChI=1S/C13H11N3O5/c1-8-9(4-3-5-10(8)16(19)20)15-7-6-11(17)12(14-15)13(18)21-2/h3-7H,1-2H3. The van der Waals surface area contributed by atoms with E-state index in [0.717, 1.165) is 13.2 Å². The van der Waals surface area contributed by atoms with E-state index < -0.39 is 16.3 Å². The molecule has 0 spiro atoms. The maximum Gasteiger partial charge on any atom is 0.362 e. The van der Waals surface area contributed by atoms with Crippen LogP contribution in [0.1, 0.15) is 16.1 Å². The third kappa shape index (κ3) is 2.64. The lowest BCUT2D eigenvalue weighted by Crippen LogP contribution is -2.21. The highest BCUT2D eigenvalue weighted by molar-refractivity contribution is 5.86. The highest BCUT2D eigenvalue weighted by Crippen LogP contribution is 2.23. The Morgan fingerprint density at radius 2 is 2.10 bits per heavy atom. The van der Waals surface area contributed by atoms with E-state index in [2.05, 4.69) is 9.84 Å². The van der Waals surface area contributed by atoms with Crippen LogP contribution in [0.25, 0.3) is 5.69 Å². The van der Waals surface area contributed by atoms with E-state index in [1.807, 2.05) is 0 Å². The Morgan fingerprint density at radius 3 is 2.71 bits per heavy atom. The molecule has 0 atom stereocenters. The molecule has 1 aromatic heterocycles. The lowest BCUT2D eigenvalue weighted by atomic mass is 10.1. The van der Waals surface area contributed by atoms with Crippen molar-refractivity contribution in [3.63, 3.8) is 0 Å². The largest absolute Gasteiger partial charge is 0.464 e. The molecule has 21 heavy (non-hydrogen) atoms. The first-order valence-electron chi connectivity index (χ1n) is 5.88. The molecule has 0 aliphatic heterocycles. The van der Waals surface area contributed by atoms with Crippen LogP contribution in [0.2, 0.25) is 0 Å². The van der Waals surface area contributed by atoms with Crippen molar-refractivity contribution in [2.45, 2.75) is 6.92 Å². The highest BCUT2D eigenvalue weighted by atomic mass is 16.6. The van der Waals surface area contributed by atoms with Gasteiger partial charge in [-0.05, 0) is 13.0 Å². The Bertz CT molecular complexity index is 782. The number of hydrogen-bond donors (Lipinski definition) is 0. The number of methoxy groups -OCH3 is 1. The number of carbonyl (C=O) groups is 1. The minimum atomic E-state index is -0.863. The first-order valence-corrected chi connectivity index (χ1v) is 5.88. The monoisotopic (exact) mass is 289 g/mol. The Balaban J connectivity index is 2.63. The van der Waals surface area contributed by atoms with E-state index in [4.69, 9.17) is 0 Å². The number of rotatable bonds is 3. The molecule has 0 saturated carbocycles. The van der Waals surface area contributed by atoms with Gasteiger partial charge in [0.25, 0.3) is 5.69 Å². The van der Waals surface area contributed by atoms with Gasteiger partial charge in [0.2, 0.25) is 11.1 Å². The number of benzene rings is 1. The molecule has 2 aromatic rings. The summed E-state index contributed by atoms with van der Waals surface area (Å²) in [5.74, 6) is -0.863.